The van der Waals surface area contributed by atoms with Crippen molar-refractivity contribution in [3.8, 4) is 0 Å². The molecule has 0 saturated carbocycles. The predicted molar refractivity (Wildman–Crippen MR) is 110 cm³/mol. The normalized spacial score (nSPS) is 15.9. The van der Waals surface area contributed by atoms with Gasteiger partial charge in [0.15, 0.2) is 0 Å². The number of carbonyl (C=O) groups excluding carboxylic acids is 1. The fraction of sp³-hybridized carbons (Fsp3) is 0.200. The van der Waals surface area contributed by atoms with Crippen LogP contribution in [-0.2, 0) is 32.5 Å². The Morgan fingerprint density at radius 2 is 2.07 bits per heavy atom. The average Bonchev–Trinajstić information content (AvgIpc) is 3.02. The van der Waals surface area contributed by atoms with Gasteiger partial charge in [-0.1, -0.05) is 17.7 Å². The third-order valence-corrected chi connectivity index (χ3v) is 6.71. The molecule has 10 heteroatoms. The number of sulfonamides is 1. The van der Waals surface area contributed by atoms with Crippen LogP contribution in [0.25, 0.3) is 17.0 Å². The highest BCUT2D eigenvalue weighted by atomic mass is 35.5. The first-order valence-corrected chi connectivity index (χ1v) is 10.8. The van der Waals surface area contributed by atoms with E-state index in [9.17, 15) is 17.6 Å². The summed E-state index contributed by atoms with van der Waals surface area (Å²) in [6, 6.07) is 4.04. The summed E-state index contributed by atoms with van der Waals surface area (Å²) >= 11 is 6.35. The lowest BCUT2D eigenvalue weighted by atomic mass is 10.1. The molecule has 1 aliphatic heterocycles. The first kappa shape index (κ1) is 20.5. The number of benzene rings is 1. The van der Waals surface area contributed by atoms with Gasteiger partial charge in [-0.2, -0.15) is 0 Å². The van der Waals surface area contributed by atoms with Gasteiger partial charge in [0.25, 0.3) is 0 Å². The molecule has 0 radical (unpaired) electrons. The van der Waals surface area contributed by atoms with Crippen LogP contribution in [0.15, 0.2) is 47.6 Å². The molecule has 1 N–H and O–H groups in total. The number of halogens is 2. The van der Waals surface area contributed by atoms with Gasteiger partial charge in [0.05, 0.1) is 41.2 Å². The third-order valence-electron chi connectivity index (χ3n) is 4.92. The molecule has 0 aliphatic carbocycles. The number of rotatable bonds is 5. The van der Waals surface area contributed by atoms with Crippen LogP contribution in [0.4, 0.5) is 4.39 Å². The highest BCUT2D eigenvalue weighted by Crippen LogP contribution is 2.34. The molecule has 4 rings (SSSR count). The Morgan fingerprint density at radius 3 is 2.77 bits per heavy atom. The van der Waals surface area contributed by atoms with Crippen molar-refractivity contribution in [2.75, 3.05) is 7.11 Å². The van der Waals surface area contributed by atoms with Crippen molar-refractivity contribution in [1.29, 1.82) is 0 Å². The monoisotopic (exact) mass is 449 g/mol. The lowest BCUT2D eigenvalue weighted by Crippen LogP contribution is -2.38. The fourth-order valence-corrected chi connectivity index (χ4v) is 5.00. The van der Waals surface area contributed by atoms with Crippen LogP contribution in [0.3, 0.4) is 0 Å². The molecular weight excluding hydrogens is 433 g/mol. The van der Waals surface area contributed by atoms with E-state index in [2.05, 4.69) is 9.71 Å². The zero-order valence-electron chi connectivity index (χ0n) is 15.8. The summed E-state index contributed by atoms with van der Waals surface area (Å²) in [6.07, 6.45) is 6.59. The van der Waals surface area contributed by atoms with Gasteiger partial charge in [-0.05, 0) is 35.9 Å². The summed E-state index contributed by atoms with van der Waals surface area (Å²) in [6.45, 7) is 0.270. The number of hydrogen-bond donors (Lipinski definition) is 1. The average molecular weight is 450 g/mol. The van der Waals surface area contributed by atoms with E-state index >= 15 is 0 Å². The molecule has 3 heterocycles. The molecule has 1 unspecified atom stereocenters. The number of pyridine rings is 1. The highest BCUT2D eigenvalue weighted by molar-refractivity contribution is 7.89. The molecule has 0 fully saturated rings. The first-order valence-electron chi connectivity index (χ1n) is 8.97. The molecular formula is C20H17ClFN3O4S. The molecule has 0 bridgehead atoms. The summed E-state index contributed by atoms with van der Waals surface area (Å²) in [5.41, 5.74) is 2.12. The molecule has 3 aromatic rings. The summed E-state index contributed by atoms with van der Waals surface area (Å²) in [4.78, 5) is 16.0. The molecule has 156 valence electrons. The Labute approximate surface area is 177 Å². The molecule has 0 amide bonds. The molecule has 7 nitrogen and oxygen atoms in total. The predicted octanol–water partition coefficient (Wildman–Crippen LogP) is 2.92. The van der Waals surface area contributed by atoms with Crippen molar-refractivity contribution in [2.45, 2.75) is 23.9 Å². The van der Waals surface area contributed by atoms with Gasteiger partial charge < -0.3 is 9.30 Å². The van der Waals surface area contributed by atoms with E-state index in [-0.39, 0.29) is 17.9 Å². The second-order valence-corrected chi connectivity index (χ2v) is 8.90. The van der Waals surface area contributed by atoms with Gasteiger partial charge in [0.2, 0.25) is 10.0 Å². The lowest BCUT2D eigenvalue weighted by Gasteiger charge is -2.22. The molecule has 1 atom stereocenters. The van der Waals surface area contributed by atoms with Gasteiger partial charge in [-0.15, -0.1) is 0 Å². The molecule has 1 aromatic carbocycles. The minimum absolute atomic E-state index is 0.0232. The zero-order valence-corrected chi connectivity index (χ0v) is 17.4. The minimum Gasteiger partial charge on any atom is -0.469 e. The number of methoxy groups -OCH3 is 1. The van der Waals surface area contributed by atoms with E-state index in [0.717, 1.165) is 17.8 Å². The zero-order chi connectivity index (χ0) is 21.5. The standard InChI is InChI=1S/C20H17ClFN3O4S/c1-29-19(26)8-15-17-7-4-13(11-25(17)18-10-23-9-16(21)20(15)18)24-30(27,28)14-5-2-12(22)3-6-14/h2-7,9-10,13,24H,8,11H2,1H3. The van der Waals surface area contributed by atoms with E-state index in [1.54, 1.807) is 18.3 Å². The van der Waals surface area contributed by atoms with E-state index < -0.39 is 27.9 Å². The molecule has 1 aliphatic rings. The van der Waals surface area contributed by atoms with Crippen molar-refractivity contribution in [1.82, 2.24) is 14.3 Å². The number of aromatic nitrogens is 2. The Kier molecular flexibility index (Phi) is 5.35. The second kappa shape index (κ2) is 7.82. The van der Waals surface area contributed by atoms with E-state index in [4.69, 9.17) is 16.3 Å². The van der Waals surface area contributed by atoms with Crippen molar-refractivity contribution >= 4 is 44.6 Å². The van der Waals surface area contributed by atoms with Crippen LogP contribution in [0.5, 0.6) is 0 Å². The van der Waals surface area contributed by atoms with Crippen LogP contribution in [0, 0.1) is 5.82 Å². The molecule has 0 spiro atoms. The smallest absolute Gasteiger partial charge is 0.310 e. The van der Waals surface area contributed by atoms with Crippen molar-refractivity contribution in [2.24, 2.45) is 0 Å². The summed E-state index contributed by atoms with van der Waals surface area (Å²) < 4.78 is 47.7. The van der Waals surface area contributed by atoms with Crippen LogP contribution in [-0.4, -0.2) is 37.1 Å². The van der Waals surface area contributed by atoms with Crippen LogP contribution >= 0.6 is 11.6 Å². The van der Waals surface area contributed by atoms with Crippen LogP contribution in [0.2, 0.25) is 5.02 Å². The Hall–Kier alpha value is -2.75. The van der Waals surface area contributed by atoms with Crippen molar-refractivity contribution < 1.29 is 22.3 Å². The number of nitrogens with zero attached hydrogens (tertiary/aromatic N) is 2. The SMILES string of the molecule is COC(=O)Cc1c2n(c3cncc(Cl)c13)CC(NS(=O)(=O)c1ccc(F)cc1)C=C2. The maximum absolute atomic E-state index is 13.1. The number of ether oxygens (including phenoxy) is 1. The number of carbonyl (C=O) groups is 1. The lowest BCUT2D eigenvalue weighted by molar-refractivity contribution is -0.139. The topological polar surface area (TPSA) is 90.3 Å². The molecule has 0 saturated heterocycles. The van der Waals surface area contributed by atoms with Crippen LogP contribution in [0.1, 0.15) is 11.3 Å². The minimum atomic E-state index is -3.85. The summed E-state index contributed by atoms with van der Waals surface area (Å²) in [7, 11) is -2.54. The number of hydrogen-bond acceptors (Lipinski definition) is 5. The second-order valence-electron chi connectivity index (χ2n) is 6.78. The van der Waals surface area contributed by atoms with Crippen molar-refractivity contribution in [3.63, 3.8) is 0 Å². The van der Waals surface area contributed by atoms with Crippen molar-refractivity contribution in [3.05, 3.63) is 64.8 Å². The molecule has 2 aromatic heterocycles. The van der Waals surface area contributed by atoms with Gasteiger partial charge in [-0.25, -0.2) is 17.5 Å². The fourth-order valence-electron chi connectivity index (χ4n) is 3.55. The summed E-state index contributed by atoms with van der Waals surface area (Å²) in [5.74, 6) is -0.928. The molecule has 30 heavy (non-hydrogen) atoms. The maximum atomic E-state index is 13.1. The van der Waals surface area contributed by atoms with Crippen LogP contribution < -0.4 is 4.72 Å². The van der Waals surface area contributed by atoms with E-state index in [0.29, 0.717) is 21.5 Å². The quantitative estimate of drug-likeness (QED) is 0.605. The third kappa shape index (κ3) is 3.71. The van der Waals surface area contributed by atoms with Gasteiger partial charge >= 0.3 is 5.97 Å². The number of esters is 1. The maximum Gasteiger partial charge on any atom is 0.310 e. The Bertz CT molecular complexity index is 1270. The largest absolute Gasteiger partial charge is 0.469 e. The van der Waals surface area contributed by atoms with Gasteiger partial charge in [0.1, 0.15) is 5.82 Å². The van der Waals surface area contributed by atoms with E-state index in [1.807, 2.05) is 4.57 Å². The Balaban J connectivity index is 1.70. The van der Waals surface area contributed by atoms with E-state index in [1.165, 1.54) is 25.4 Å². The van der Waals surface area contributed by atoms with Gasteiger partial charge in [0, 0.05) is 23.8 Å². The number of fused-ring (bicyclic) bond motifs is 3. The first-order chi connectivity index (χ1) is 14.3. The number of nitrogens with one attached hydrogen (secondary N) is 1. The highest BCUT2D eigenvalue weighted by Gasteiger charge is 2.27. The summed E-state index contributed by atoms with van der Waals surface area (Å²) in [5, 5.41) is 1.07. The Morgan fingerprint density at radius 1 is 1.33 bits per heavy atom. The van der Waals surface area contributed by atoms with Gasteiger partial charge in [-0.3, -0.25) is 9.78 Å².